The highest BCUT2D eigenvalue weighted by molar-refractivity contribution is 8.08. The van der Waals surface area contributed by atoms with Gasteiger partial charge in [-0.2, -0.15) is 4.31 Å². The average Bonchev–Trinajstić information content (AvgIpc) is 0.898. The van der Waals surface area contributed by atoms with Gasteiger partial charge in [-0.15, -0.1) is 0 Å². The Bertz CT molecular complexity index is 3740. The zero-order chi connectivity index (χ0) is 60.4. The normalized spacial score (nSPS) is 22.7. The van der Waals surface area contributed by atoms with Crippen molar-refractivity contribution in [3.63, 3.8) is 0 Å². The van der Waals surface area contributed by atoms with Gasteiger partial charge < -0.3 is 60.3 Å². The number of nitrogens with two attached hydrogens (primary N) is 1. The summed E-state index contributed by atoms with van der Waals surface area (Å²) in [6.45, 7) is 11.3. The Morgan fingerprint density at radius 3 is 2.43 bits per heavy atom. The Hall–Kier alpha value is -5.56. The second-order valence-electron chi connectivity index (χ2n) is 23.1. The number of hydrogen-bond acceptors (Lipinski definition) is 17. The molecule has 7 atom stereocenters. The van der Waals surface area contributed by atoms with Crippen LogP contribution in [-0.4, -0.2) is 144 Å². The van der Waals surface area contributed by atoms with E-state index in [1.165, 1.54) is 55.0 Å². The largest absolute Gasteiger partial charge is 0.488 e. The van der Waals surface area contributed by atoms with Gasteiger partial charge in [-0.3, -0.25) is 18.7 Å². The number of nitrogen functional groups attached to an aromatic ring is 1. The molecule has 4 aliphatic heterocycles. The van der Waals surface area contributed by atoms with Crippen molar-refractivity contribution < 1.29 is 70.8 Å². The molecule has 2 aromatic heterocycles. The third kappa shape index (κ3) is 12.3. The first-order valence-electron chi connectivity index (χ1n) is 28.0. The van der Waals surface area contributed by atoms with Gasteiger partial charge in [-0.05, 0) is 127 Å². The predicted octanol–water partition coefficient (Wildman–Crippen LogP) is 4.27. The maximum absolute atomic E-state index is 14.9. The highest BCUT2D eigenvalue weighted by Gasteiger charge is 2.50. The summed E-state index contributed by atoms with van der Waals surface area (Å²) in [5, 5.41) is 19.2. The molecule has 0 spiro atoms. The number of carbonyl (C=O) groups is 3. The molecule has 5 aromatic rings. The number of aliphatic hydroxyl groups excluding tert-OH is 1. The standard InChI is InChI=1S/C55H71N10O15P3S/c1-8-65-40-26-39-37(25-36(40)31(2)27-54(65,3)4)43(38-24-32-14-11-22-63-23-12-17-35(46(32)63)44(38)55(39,5)6)33-15-9-10-16-34(33)51(68)62(7)21-13-18-42(66)57-19-20-58-53(69)78-48-47(67)41(28-76-81(70,71)79-82(72,73)80-83(74,75)84)77-52(48)64-30-61-45-49(56)59-29-60-50(45)64/h9-10,15-16,24-26,29-31,41,47-48,52,67H,8,11-14,17-23,27-28H2,1-7H3,(H7-,56,57,58,59,60,66,69,70,71,72,73,74,75,84)/p+1/t31?,41-,47-,48-,52-/m1/s1. The number of carbonyl (C=O) groups excluding carboxylic acids is 3. The van der Waals surface area contributed by atoms with Gasteiger partial charge in [0, 0.05) is 85.8 Å². The number of imidazole rings is 1. The molecule has 10 rings (SSSR count). The van der Waals surface area contributed by atoms with Gasteiger partial charge in [-0.1, -0.05) is 39.0 Å². The molecule has 25 nitrogen and oxygen atoms in total. The van der Waals surface area contributed by atoms with Crippen LogP contribution < -0.4 is 36.4 Å². The van der Waals surface area contributed by atoms with Crippen LogP contribution in [0, 0.1) is 0 Å². The van der Waals surface area contributed by atoms with Gasteiger partial charge in [0.1, 0.15) is 37.1 Å². The predicted molar refractivity (Wildman–Crippen MR) is 314 cm³/mol. The molecule has 6 heterocycles. The van der Waals surface area contributed by atoms with Crippen molar-refractivity contribution in [2.45, 2.75) is 128 Å². The van der Waals surface area contributed by atoms with Gasteiger partial charge in [0.25, 0.3) is 5.91 Å². The SMILES string of the molecule is CCN1c2cc3c(cc2C(C)CC1(C)C)C(c1ccccc1C(=O)N(C)CCCC(=O)NCCNC(=O)O[C@@H]1[C@H](O)[C@@H](COP(=O)(O)OP(=O)(O)OP(O)(O)=S)O[C@H]1n1cnc2c(N)ncnc21)=c1cc2c4c(c1C3(C)C)CCC[N+]=4CCC2. The highest BCUT2D eigenvalue weighted by atomic mass is 32.5. The molecule has 1 saturated heterocycles. The molecule has 9 N–H and O–H groups in total. The first-order chi connectivity index (χ1) is 39.6. The summed E-state index contributed by atoms with van der Waals surface area (Å²) in [5.41, 5.74) is 17.5. The lowest BCUT2D eigenvalue weighted by Gasteiger charge is -2.48. The van der Waals surface area contributed by atoms with E-state index in [-0.39, 0.29) is 65.8 Å². The number of nitrogens with one attached hydrogen (secondary N) is 2. The van der Waals surface area contributed by atoms with Crippen LogP contribution in [0.25, 0.3) is 16.7 Å². The Morgan fingerprint density at radius 1 is 0.964 bits per heavy atom. The summed E-state index contributed by atoms with van der Waals surface area (Å²) < 4.78 is 52.7. The van der Waals surface area contributed by atoms with Gasteiger partial charge in [0.05, 0.1) is 12.9 Å². The maximum Gasteiger partial charge on any atom is 0.488 e. The molecule has 84 heavy (non-hydrogen) atoms. The number of rotatable bonds is 19. The third-order valence-electron chi connectivity index (χ3n) is 16.6. The minimum absolute atomic E-state index is 0.0173. The van der Waals surface area contributed by atoms with E-state index < -0.39 is 59.6 Å². The molecule has 3 aromatic carbocycles. The van der Waals surface area contributed by atoms with Crippen molar-refractivity contribution in [3.05, 3.63) is 110 Å². The number of nitrogens with zero attached hydrogens (tertiary/aromatic N) is 7. The number of ether oxygens (including phenoxy) is 2. The lowest BCUT2D eigenvalue weighted by molar-refractivity contribution is -0.121. The molecule has 1 aliphatic carbocycles. The van der Waals surface area contributed by atoms with E-state index in [0.29, 0.717) is 17.9 Å². The van der Waals surface area contributed by atoms with Crippen molar-refractivity contribution in [3.8, 4) is 0 Å². The molecule has 3 unspecified atom stereocenters. The molecule has 5 aliphatic rings. The summed E-state index contributed by atoms with van der Waals surface area (Å²) in [6, 6.07) is 15.3. The van der Waals surface area contributed by atoms with E-state index >= 15 is 0 Å². The van der Waals surface area contributed by atoms with Crippen LogP contribution in [0.1, 0.15) is 135 Å². The first kappa shape index (κ1) is 61.5. The minimum atomic E-state index is -5.66. The van der Waals surface area contributed by atoms with E-state index in [2.05, 4.69) is 121 Å². The number of anilines is 2. The van der Waals surface area contributed by atoms with E-state index in [1.807, 2.05) is 18.2 Å². The van der Waals surface area contributed by atoms with E-state index in [9.17, 15) is 48.2 Å². The van der Waals surface area contributed by atoms with Crippen LogP contribution in [0.5, 0.6) is 0 Å². The topological polar surface area (TPSA) is 336 Å². The molecular formula is C55H72N10O15P3S+. The van der Waals surface area contributed by atoms with Gasteiger partial charge in [0.2, 0.25) is 11.3 Å². The fourth-order valence-electron chi connectivity index (χ4n) is 13.2. The average molecular weight is 1240 g/mol. The number of phosphoric acid groups is 2. The van der Waals surface area contributed by atoms with Crippen molar-refractivity contribution in [1.29, 1.82) is 0 Å². The zero-order valence-corrected chi connectivity index (χ0v) is 51.3. The van der Waals surface area contributed by atoms with E-state index in [4.69, 9.17) is 19.7 Å². The molecule has 1 fully saturated rings. The summed E-state index contributed by atoms with van der Waals surface area (Å²) in [5.74, 6) is -0.204. The fraction of sp³-hybridized carbons (Fsp3) is 0.509. The van der Waals surface area contributed by atoms with Crippen molar-refractivity contribution in [2.24, 2.45) is 0 Å². The Labute approximate surface area is 490 Å². The van der Waals surface area contributed by atoms with Crippen molar-refractivity contribution >= 4 is 80.3 Å². The summed E-state index contributed by atoms with van der Waals surface area (Å²) >= 11 is 4.11. The molecule has 0 saturated carbocycles. The monoisotopic (exact) mass is 1240 g/mol. The number of aromatic nitrogens is 4. The van der Waals surface area contributed by atoms with Crippen LogP contribution in [0.3, 0.4) is 0 Å². The second-order valence-corrected chi connectivity index (χ2v) is 29.0. The summed E-state index contributed by atoms with van der Waals surface area (Å²) in [4.78, 5) is 96.0. The Morgan fingerprint density at radius 2 is 1.69 bits per heavy atom. The van der Waals surface area contributed by atoms with Crippen LogP contribution >= 0.6 is 22.4 Å². The lowest BCUT2D eigenvalue weighted by atomic mass is 9.64. The molecule has 29 heteroatoms. The Balaban J connectivity index is 0.804. The Kier molecular flexibility index (Phi) is 17.3. The second kappa shape index (κ2) is 23.6. The summed E-state index contributed by atoms with van der Waals surface area (Å²) in [7, 11) is -9.48. The van der Waals surface area contributed by atoms with Crippen molar-refractivity contribution in [2.75, 3.05) is 63.6 Å². The maximum atomic E-state index is 14.9. The minimum Gasteiger partial charge on any atom is -0.439 e. The number of alkyl carbamates (subject to hydrolysis) is 1. The zero-order valence-electron chi connectivity index (χ0n) is 47.8. The van der Waals surface area contributed by atoms with Gasteiger partial charge >= 0.3 is 28.5 Å². The number of hydrogen-bond donors (Lipinski definition) is 8. The summed E-state index contributed by atoms with van der Waals surface area (Å²) in [6.07, 6.45) is 0.380. The molecule has 452 valence electrons. The fourth-order valence-corrected chi connectivity index (χ4v) is 17.0. The highest BCUT2D eigenvalue weighted by Crippen LogP contribution is 2.66. The van der Waals surface area contributed by atoms with Crippen LogP contribution in [0.15, 0.2) is 55.1 Å². The van der Waals surface area contributed by atoms with Crippen LogP contribution in [-0.2, 0) is 66.6 Å². The number of aliphatic hydroxyl groups is 1. The number of benzene rings is 3. The quantitative estimate of drug-likeness (QED) is 0.0325. The molecule has 0 radical (unpaired) electrons. The van der Waals surface area contributed by atoms with Crippen LogP contribution in [0.2, 0.25) is 0 Å². The third-order valence-corrected chi connectivity index (χ3v) is 21.0. The van der Waals surface area contributed by atoms with Gasteiger partial charge in [-0.25, -0.2) is 37.8 Å². The number of phosphoric ester groups is 1. The first-order valence-corrected chi connectivity index (χ1v) is 33.6. The van der Waals surface area contributed by atoms with E-state index in [1.54, 1.807) is 11.9 Å². The lowest BCUT2D eigenvalue weighted by Crippen LogP contribution is -2.50. The smallest absolute Gasteiger partial charge is 0.439 e. The molecule has 3 amide bonds. The molecule has 0 bridgehead atoms. The van der Waals surface area contributed by atoms with E-state index in [0.717, 1.165) is 74.8 Å². The van der Waals surface area contributed by atoms with Crippen LogP contribution in [0.4, 0.5) is 16.3 Å². The number of fused-ring (bicyclic) bond motifs is 5. The molecular weight excluding hydrogens is 1170 g/mol. The van der Waals surface area contributed by atoms with Gasteiger partial charge in [0.15, 0.2) is 23.8 Å². The number of aryl methyl sites for hydroxylation is 1. The number of amides is 3. The van der Waals surface area contributed by atoms with Crippen molar-refractivity contribution in [1.82, 2.24) is 39.6 Å².